The summed E-state index contributed by atoms with van der Waals surface area (Å²) in [4.78, 5) is 10.8. The van der Waals surface area contributed by atoms with Crippen molar-refractivity contribution in [1.82, 2.24) is 0 Å². The number of fused-ring (bicyclic) bond motifs is 1. The van der Waals surface area contributed by atoms with Gasteiger partial charge in [-0.1, -0.05) is 0 Å². The number of furan rings is 1. The highest BCUT2D eigenvalue weighted by Crippen LogP contribution is 2.30. The van der Waals surface area contributed by atoms with E-state index < -0.39 is 5.97 Å². The van der Waals surface area contributed by atoms with Gasteiger partial charge in [-0.2, -0.15) is 0 Å². The fourth-order valence-corrected chi connectivity index (χ4v) is 1.53. The average Bonchev–Trinajstić information content (AvgIpc) is 2.56. The monoisotopic (exact) mass is 206 g/mol. The van der Waals surface area contributed by atoms with Gasteiger partial charge < -0.3 is 14.3 Å². The highest BCUT2D eigenvalue weighted by Gasteiger charge is 2.12. The van der Waals surface area contributed by atoms with E-state index >= 15 is 0 Å². The number of aromatic carboxylic acids is 1. The van der Waals surface area contributed by atoms with Crippen LogP contribution in [0, 0.1) is 6.92 Å². The number of carbonyl (C=O) groups is 1. The van der Waals surface area contributed by atoms with Gasteiger partial charge in [0.1, 0.15) is 17.1 Å². The second kappa shape index (κ2) is 3.31. The molecule has 4 nitrogen and oxygen atoms in total. The Bertz CT molecular complexity index is 525. The quantitative estimate of drug-likeness (QED) is 0.819. The molecule has 2 aromatic rings. The van der Waals surface area contributed by atoms with Gasteiger partial charge in [0.15, 0.2) is 0 Å². The van der Waals surface area contributed by atoms with Crippen molar-refractivity contribution in [2.75, 3.05) is 7.11 Å². The molecule has 0 saturated heterocycles. The van der Waals surface area contributed by atoms with Crippen LogP contribution in [0.4, 0.5) is 0 Å². The molecule has 2 rings (SSSR count). The normalized spacial score (nSPS) is 10.5. The molecule has 0 radical (unpaired) electrons. The molecule has 0 atom stereocenters. The fourth-order valence-electron chi connectivity index (χ4n) is 1.53. The zero-order valence-corrected chi connectivity index (χ0v) is 8.40. The van der Waals surface area contributed by atoms with Gasteiger partial charge in [0.25, 0.3) is 0 Å². The smallest absolute Gasteiger partial charge is 0.335 e. The fraction of sp³-hybridized carbons (Fsp3) is 0.182. The Morgan fingerprint density at radius 1 is 1.40 bits per heavy atom. The Kier molecular flexibility index (Phi) is 2.11. The van der Waals surface area contributed by atoms with E-state index in [9.17, 15) is 4.79 Å². The molecule has 0 unspecified atom stereocenters. The van der Waals surface area contributed by atoms with Crippen molar-refractivity contribution in [3.63, 3.8) is 0 Å². The SMILES string of the molecule is COc1cc(C(=O)O)cc2oc(C)cc12. The molecule has 0 fully saturated rings. The van der Waals surface area contributed by atoms with Crippen LogP contribution in [0.25, 0.3) is 11.0 Å². The molecular formula is C11H10O4. The van der Waals surface area contributed by atoms with E-state index in [1.165, 1.54) is 19.2 Å². The molecule has 15 heavy (non-hydrogen) atoms. The van der Waals surface area contributed by atoms with Gasteiger partial charge in [-0.3, -0.25) is 0 Å². The van der Waals surface area contributed by atoms with Gasteiger partial charge in [0.05, 0.1) is 18.1 Å². The number of hydrogen-bond acceptors (Lipinski definition) is 3. The molecule has 1 aromatic heterocycles. The minimum absolute atomic E-state index is 0.161. The van der Waals surface area contributed by atoms with E-state index in [1.54, 1.807) is 6.92 Å². The predicted molar refractivity (Wildman–Crippen MR) is 54.5 cm³/mol. The van der Waals surface area contributed by atoms with E-state index in [2.05, 4.69) is 0 Å². The third kappa shape index (κ3) is 1.54. The number of ether oxygens (including phenoxy) is 1. The van der Waals surface area contributed by atoms with Crippen molar-refractivity contribution in [2.45, 2.75) is 6.92 Å². The largest absolute Gasteiger partial charge is 0.496 e. The summed E-state index contributed by atoms with van der Waals surface area (Å²) in [5.74, 6) is 0.247. The lowest BCUT2D eigenvalue weighted by atomic mass is 10.1. The van der Waals surface area contributed by atoms with Gasteiger partial charge in [-0.25, -0.2) is 4.79 Å². The van der Waals surface area contributed by atoms with Crippen LogP contribution in [-0.2, 0) is 0 Å². The second-order valence-electron chi connectivity index (χ2n) is 3.25. The molecule has 1 heterocycles. The van der Waals surface area contributed by atoms with Crippen LogP contribution in [0.1, 0.15) is 16.1 Å². The van der Waals surface area contributed by atoms with E-state index in [-0.39, 0.29) is 5.56 Å². The molecule has 0 aliphatic heterocycles. The van der Waals surface area contributed by atoms with Crippen LogP contribution in [0.5, 0.6) is 5.75 Å². The van der Waals surface area contributed by atoms with Crippen LogP contribution in [0.2, 0.25) is 0 Å². The van der Waals surface area contributed by atoms with Gasteiger partial charge >= 0.3 is 5.97 Å². The lowest BCUT2D eigenvalue weighted by Crippen LogP contribution is -1.96. The Labute approximate surface area is 86.1 Å². The average molecular weight is 206 g/mol. The molecule has 78 valence electrons. The van der Waals surface area contributed by atoms with E-state index in [0.717, 1.165) is 11.1 Å². The maximum absolute atomic E-state index is 10.8. The van der Waals surface area contributed by atoms with E-state index in [0.29, 0.717) is 11.3 Å². The Hall–Kier alpha value is -1.97. The van der Waals surface area contributed by atoms with Gasteiger partial charge in [0, 0.05) is 0 Å². The van der Waals surface area contributed by atoms with Crippen LogP contribution in [-0.4, -0.2) is 18.2 Å². The Balaban J connectivity index is 2.76. The first-order valence-corrected chi connectivity index (χ1v) is 4.43. The highest BCUT2D eigenvalue weighted by atomic mass is 16.5. The highest BCUT2D eigenvalue weighted by molar-refractivity contribution is 5.95. The van der Waals surface area contributed by atoms with Crippen molar-refractivity contribution in [2.24, 2.45) is 0 Å². The van der Waals surface area contributed by atoms with Gasteiger partial charge in [-0.05, 0) is 25.1 Å². The minimum atomic E-state index is -0.996. The van der Waals surface area contributed by atoms with Crippen LogP contribution < -0.4 is 4.74 Å². The molecule has 4 heteroatoms. The summed E-state index contributed by atoms with van der Waals surface area (Å²) in [6, 6.07) is 4.80. The standard InChI is InChI=1S/C11H10O4/c1-6-3-8-9(14-2)4-7(11(12)13)5-10(8)15-6/h3-5H,1-2H3,(H,12,13). The van der Waals surface area contributed by atoms with Crippen molar-refractivity contribution in [3.8, 4) is 5.75 Å². The van der Waals surface area contributed by atoms with E-state index in [4.69, 9.17) is 14.3 Å². The van der Waals surface area contributed by atoms with Crippen LogP contribution in [0.3, 0.4) is 0 Å². The summed E-state index contributed by atoms with van der Waals surface area (Å²) >= 11 is 0. The lowest BCUT2D eigenvalue weighted by Gasteiger charge is -2.02. The summed E-state index contributed by atoms with van der Waals surface area (Å²) in [5.41, 5.74) is 0.693. The molecule has 0 amide bonds. The van der Waals surface area contributed by atoms with Crippen molar-refractivity contribution in [1.29, 1.82) is 0 Å². The third-order valence-electron chi connectivity index (χ3n) is 2.19. The van der Waals surface area contributed by atoms with Gasteiger partial charge in [-0.15, -0.1) is 0 Å². The van der Waals surface area contributed by atoms with Crippen LogP contribution >= 0.6 is 0 Å². The first kappa shape index (κ1) is 9.58. The summed E-state index contributed by atoms with van der Waals surface area (Å²) in [5, 5.41) is 9.67. The van der Waals surface area contributed by atoms with E-state index in [1.807, 2.05) is 6.07 Å². The summed E-state index contributed by atoms with van der Waals surface area (Å²) in [6.45, 7) is 1.81. The summed E-state index contributed by atoms with van der Waals surface area (Å²) in [7, 11) is 1.50. The maximum Gasteiger partial charge on any atom is 0.335 e. The maximum atomic E-state index is 10.8. The van der Waals surface area contributed by atoms with Crippen LogP contribution in [0.15, 0.2) is 22.6 Å². The molecule has 0 spiro atoms. The number of aryl methyl sites for hydroxylation is 1. The topological polar surface area (TPSA) is 59.7 Å². The Morgan fingerprint density at radius 3 is 2.73 bits per heavy atom. The molecule has 1 N–H and O–H groups in total. The zero-order valence-electron chi connectivity index (χ0n) is 8.40. The minimum Gasteiger partial charge on any atom is -0.496 e. The Morgan fingerprint density at radius 2 is 2.13 bits per heavy atom. The first-order chi connectivity index (χ1) is 7.11. The molecule has 0 saturated carbocycles. The number of carboxylic acid groups (broad SMARTS) is 1. The third-order valence-corrected chi connectivity index (χ3v) is 2.19. The van der Waals surface area contributed by atoms with Crippen molar-refractivity contribution in [3.05, 3.63) is 29.5 Å². The van der Waals surface area contributed by atoms with Gasteiger partial charge in [0.2, 0.25) is 0 Å². The molecule has 0 aliphatic carbocycles. The molecule has 1 aromatic carbocycles. The lowest BCUT2D eigenvalue weighted by molar-refractivity contribution is 0.0696. The number of benzene rings is 1. The first-order valence-electron chi connectivity index (χ1n) is 4.43. The number of carboxylic acids is 1. The summed E-state index contributed by atoms with van der Waals surface area (Å²) in [6.07, 6.45) is 0. The predicted octanol–water partition coefficient (Wildman–Crippen LogP) is 2.45. The number of methoxy groups -OCH3 is 1. The molecule has 0 bridgehead atoms. The molecule has 0 aliphatic rings. The number of rotatable bonds is 2. The van der Waals surface area contributed by atoms with Crippen molar-refractivity contribution >= 4 is 16.9 Å². The second-order valence-corrected chi connectivity index (χ2v) is 3.25. The molecular weight excluding hydrogens is 196 g/mol. The zero-order chi connectivity index (χ0) is 11.0. The summed E-state index contributed by atoms with van der Waals surface area (Å²) < 4.78 is 10.5. The van der Waals surface area contributed by atoms with Crippen molar-refractivity contribution < 1.29 is 19.1 Å². The number of hydrogen-bond donors (Lipinski definition) is 1.